The van der Waals surface area contributed by atoms with E-state index in [-0.39, 0.29) is 12.0 Å². The standard InChI is InChI=1S/C15H13F3N2O2/c1-22-13-5-6-19-9-12(13)20-14(21)8-10-3-2-4-11(7-10)15(16,17)18/h2-7,9H,8H2,1H3,(H,20,21). The van der Waals surface area contributed by atoms with Crippen LogP contribution in [0, 0.1) is 0 Å². The molecule has 1 N–H and O–H groups in total. The summed E-state index contributed by atoms with van der Waals surface area (Å²) in [6.07, 6.45) is -1.70. The zero-order valence-corrected chi connectivity index (χ0v) is 11.6. The Hall–Kier alpha value is -2.57. The highest BCUT2D eigenvalue weighted by atomic mass is 19.4. The quantitative estimate of drug-likeness (QED) is 0.943. The number of pyridine rings is 1. The van der Waals surface area contributed by atoms with Gasteiger partial charge in [-0.15, -0.1) is 0 Å². The van der Waals surface area contributed by atoms with Crippen molar-refractivity contribution in [1.29, 1.82) is 0 Å². The molecular formula is C15H13F3N2O2. The van der Waals surface area contributed by atoms with Gasteiger partial charge in [-0.3, -0.25) is 9.78 Å². The highest BCUT2D eigenvalue weighted by molar-refractivity contribution is 5.93. The first-order valence-electron chi connectivity index (χ1n) is 6.34. The van der Waals surface area contributed by atoms with Gasteiger partial charge in [0.05, 0.1) is 25.3 Å². The second-order valence-electron chi connectivity index (χ2n) is 4.50. The normalized spacial score (nSPS) is 11.1. The fourth-order valence-electron chi connectivity index (χ4n) is 1.89. The molecule has 1 aromatic heterocycles. The monoisotopic (exact) mass is 310 g/mol. The van der Waals surface area contributed by atoms with Crippen molar-refractivity contribution in [2.45, 2.75) is 12.6 Å². The lowest BCUT2D eigenvalue weighted by atomic mass is 10.1. The van der Waals surface area contributed by atoms with Crippen molar-refractivity contribution in [2.75, 3.05) is 12.4 Å². The van der Waals surface area contributed by atoms with E-state index in [0.717, 1.165) is 12.1 Å². The molecule has 1 amide bonds. The Labute approximate surface area is 124 Å². The van der Waals surface area contributed by atoms with Gasteiger partial charge in [0.15, 0.2) is 0 Å². The average molecular weight is 310 g/mol. The number of rotatable bonds is 4. The van der Waals surface area contributed by atoms with Crippen LogP contribution in [-0.4, -0.2) is 18.0 Å². The van der Waals surface area contributed by atoms with Gasteiger partial charge in [-0.2, -0.15) is 13.2 Å². The molecule has 116 valence electrons. The summed E-state index contributed by atoms with van der Waals surface area (Å²) >= 11 is 0. The Morgan fingerprint density at radius 1 is 1.32 bits per heavy atom. The number of methoxy groups -OCH3 is 1. The molecular weight excluding hydrogens is 297 g/mol. The minimum atomic E-state index is -4.43. The Balaban J connectivity index is 2.09. The minimum Gasteiger partial charge on any atom is -0.494 e. The van der Waals surface area contributed by atoms with Crippen molar-refractivity contribution in [3.8, 4) is 5.75 Å². The third-order valence-corrected chi connectivity index (χ3v) is 2.89. The summed E-state index contributed by atoms with van der Waals surface area (Å²) < 4.78 is 42.9. The number of benzene rings is 1. The van der Waals surface area contributed by atoms with Crippen LogP contribution in [0.25, 0.3) is 0 Å². The van der Waals surface area contributed by atoms with Gasteiger partial charge in [-0.25, -0.2) is 0 Å². The SMILES string of the molecule is COc1ccncc1NC(=O)Cc1cccc(C(F)(F)F)c1. The van der Waals surface area contributed by atoms with Crippen LogP contribution >= 0.6 is 0 Å². The van der Waals surface area contributed by atoms with Crippen molar-refractivity contribution in [1.82, 2.24) is 4.98 Å². The Morgan fingerprint density at radius 3 is 2.77 bits per heavy atom. The summed E-state index contributed by atoms with van der Waals surface area (Å²) in [5.41, 5.74) is -0.145. The Morgan fingerprint density at radius 2 is 2.09 bits per heavy atom. The van der Waals surface area contributed by atoms with E-state index in [2.05, 4.69) is 10.3 Å². The number of amides is 1. The van der Waals surface area contributed by atoms with Crippen LogP contribution in [0.15, 0.2) is 42.7 Å². The lowest BCUT2D eigenvalue weighted by molar-refractivity contribution is -0.137. The molecule has 2 aromatic rings. The third-order valence-electron chi connectivity index (χ3n) is 2.89. The molecule has 2 rings (SSSR count). The van der Waals surface area contributed by atoms with Gasteiger partial charge in [0.1, 0.15) is 11.4 Å². The fraction of sp³-hybridized carbons (Fsp3) is 0.200. The number of aromatic nitrogens is 1. The van der Waals surface area contributed by atoms with E-state index in [1.54, 1.807) is 6.07 Å². The molecule has 0 bridgehead atoms. The lowest BCUT2D eigenvalue weighted by Gasteiger charge is -2.10. The smallest absolute Gasteiger partial charge is 0.416 e. The first kappa shape index (κ1) is 15.8. The molecule has 1 aromatic carbocycles. The molecule has 0 radical (unpaired) electrons. The number of carbonyl (C=O) groups is 1. The van der Waals surface area contributed by atoms with Gasteiger partial charge < -0.3 is 10.1 Å². The van der Waals surface area contributed by atoms with E-state index in [1.165, 1.54) is 31.6 Å². The molecule has 1 heterocycles. The number of nitrogens with zero attached hydrogens (tertiary/aromatic N) is 1. The maximum absolute atomic E-state index is 12.6. The van der Waals surface area contributed by atoms with Gasteiger partial charge in [0.25, 0.3) is 0 Å². The molecule has 22 heavy (non-hydrogen) atoms. The van der Waals surface area contributed by atoms with Gasteiger partial charge in [-0.1, -0.05) is 18.2 Å². The molecule has 0 saturated heterocycles. The fourth-order valence-corrected chi connectivity index (χ4v) is 1.89. The molecule has 4 nitrogen and oxygen atoms in total. The van der Waals surface area contributed by atoms with E-state index in [1.807, 2.05) is 0 Å². The number of nitrogens with one attached hydrogen (secondary N) is 1. The number of hydrogen-bond acceptors (Lipinski definition) is 3. The number of carbonyl (C=O) groups excluding carboxylic acids is 1. The molecule has 0 aliphatic rings. The summed E-state index contributed by atoms with van der Waals surface area (Å²) in [7, 11) is 1.44. The molecule has 0 spiro atoms. The van der Waals surface area contributed by atoms with Crippen molar-refractivity contribution in [2.24, 2.45) is 0 Å². The topological polar surface area (TPSA) is 51.2 Å². The molecule has 0 aliphatic carbocycles. The van der Waals surface area contributed by atoms with Crippen molar-refractivity contribution >= 4 is 11.6 Å². The first-order chi connectivity index (χ1) is 10.4. The summed E-state index contributed by atoms with van der Waals surface area (Å²) in [5, 5.41) is 2.56. The maximum atomic E-state index is 12.6. The van der Waals surface area contributed by atoms with Crippen LogP contribution in [0.1, 0.15) is 11.1 Å². The molecule has 0 fully saturated rings. The summed E-state index contributed by atoms with van der Waals surface area (Å²) in [5.74, 6) is -0.0296. The maximum Gasteiger partial charge on any atom is 0.416 e. The predicted molar refractivity (Wildman–Crippen MR) is 74.6 cm³/mol. The van der Waals surface area contributed by atoms with E-state index in [0.29, 0.717) is 11.4 Å². The Kier molecular flexibility index (Phi) is 4.65. The number of anilines is 1. The lowest BCUT2D eigenvalue weighted by Crippen LogP contribution is -2.15. The van der Waals surface area contributed by atoms with Crippen molar-refractivity contribution in [3.63, 3.8) is 0 Å². The number of ether oxygens (including phenoxy) is 1. The van der Waals surface area contributed by atoms with Crippen LogP contribution in [0.4, 0.5) is 18.9 Å². The summed E-state index contributed by atoms with van der Waals surface area (Å²) in [6.45, 7) is 0. The largest absolute Gasteiger partial charge is 0.494 e. The summed E-state index contributed by atoms with van der Waals surface area (Å²) in [6, 6.07) is 6.23. The van der Waals surface area contributed by atoms with Crippen LogP contribution < -0.4 is 10.1 Å². The van der Waals surface area contributed by atoms with Crippen LogP contribution in [-0.2, 0) is 17.4 Å². The van der Waals surface area contributed by atoms with Gasteiger partial charge in [0, 0.05) is 12.3 Å². The third kappa shape index (κ3) is 3.97. The molecule has 7 heteroatoms. The van der Waals surface area contributed by atoms with Crippen LogP contribution in [0.3, 0.4) is 0 Å². The van der Waals surface area contributed by atoms with E-state index >= 15 is 0 Å². The molecule has 0 saturated carbocycles. The highest BCUT2D eigenvalue weighted by Crippen LogP contribution is 2.29. The zero-order valence-electron chi connectivity index (χ0n) is 11.6. The first-order valence-corrected chi connectivity index (χ1v) is 6.34. The van der Waals surface area contributed by atoms with Crippen LogP contribution in [0.5, 0.6) is 5.75 Å². The second kappa shape index (κ2) is 6.46. The van der Waals surface area contributed by atoms with Crippen molar-refractivity contribution < 1.29 is 22.7 Å². The molecule has 0 aliphatic heterocycles. The van der Waals surface area contributed by atoms with E-state index < -0.39 is 17.6 Å². The Bertz CT molecular complexity index is 672. The van der Waals surface area contributed by atoms with E-state index in [4.69, 9.17) is 4.74 Å². The number of alkyl halides is 3. The van der Waals surface area contributed by atoms with Crippen LogP contribution in [0.2, 0.25) is 0 Å². The molecule has 0 unspecified atom stereocenters. The van der Waals surface area contributed by atoms with E-state index in [9.17, 15) is 18.0 Å². The summed E-state index contributed by atoms with van der Waals surface area (Å²) in [4.78, 5) is 15.8. The average Bonchev–Trinajstić information content (AvgIpc) is 2.47. The second-order valence-corrected chi connectivity index (χ2v) is 4.50. The van der Waals surface area contributed by atoms with Gasteiger partial charge in [-0.05, 0) is 11.6 Å². The number of hydrogen-bond donors (Lipinski definition) is 1. The zero-order chi connectivity index (χ0) is 16.2. The highest BCUT2D eigenvalue weighted by Gasteiger charge is 2.30. The predicted octanol–water partition coefficient (Wildman–Crippen LogP) is 3.29. The van der Waals surface area contributed by atoms with Crippen molar-refractivity contribution in [3.05, 3.63) is 53.9 Å². The molecule has 0 atom stereocenters. The minimum absolute atomic E-state index is 0.179. The number of halogens is 3. The van der Waals surface area contributed by atoms with Gasteiger partial charge in [0.2, 0.25) is 5.91 Å². The van der Waals surface area contributed by atoms with Gasteiger partial charge >= 0.3 is 6.18 Å².